The highest BCUT2D eigenvalue weighted by Crippen LogP contribution is 2.45. The van der Waals surface area contributed by atoms with Crippen LogP contribution in [-0.2, 0) is 125 Å². The molecule has 29 nitrogen and oxygen atoms in total. The second-order valence-corrected chi connectivity index (χ2v) is 31.1. The summed E-state index contributed by atoms with van der Waals surface area (Å²) < 4.78 is 75.6. The second kappa shape index (κ2) is 47.1. The van der Waals surface area contributed by atoms with Crippen molar-refractivity contribution in [3.05, 3.63) is 112 Å². The van der Waals surface area contributed by atoms with E-state index in [4.69, 9.17) is 54.0 Å². The predicted octanol–water partition coefficient (Wildman–Crippen LogP) is 7.90. The molecule has 5 amide bonds. The average Bonchev–Trinajstić information content (AvgIpc) is 1.63. The third-order valence-electron chi connectivity index (χ3n) is 18.3. The van der Waals surface area contributed by atoms with Gasteiger partial charge in [-0.3, -0.25) is 57.3 Å². The fourth-order valence-corrected chi connectivity index (χ4v) is 12.2. The number of Topliss-reactive ketones (excluding diaryl/α,β-unsaturated/α-hetero) is 3. The van der Waals surface area contributed by atoms with Crippen molar-refractivity contribution >= 4 is 98.2 Å². The molecule has 0 unspecified atom stereocenters. The fourth-order valence-electron chi connectivity index (χ4n) is 11.5. The number of benzene rings is 3. The summed E-state index contributed by atoms with van der Waals surface area (Å²) in [7, 11) is -4.19. The van der Waals surface area contributed by atoms with Gasteiger partial charge in [0.1, 0.15) is 36.4 Å². The van der Waals surface area contributed by atoms with Crippen molar-refractivity contribution in [1.29, 1.82) is 0 Å². The number of anilines is 1. The molecular weight excluding hydrogens is 1470 g/mol. The number of rotatable bonds is 47. The van der Waals surface area contributed by atoms with E-state index >= 15 is 0 Å². The van der Waals surface area contributed by atoms with Crippen LogP contribution in [0.1, 0.15) is 166 Å². The number of epoxide rings is 1. The summed E-state index contributed by atoms with van der Waals surface area (Å²) in [6.07, 6.45) is -0.0829. The normalized spacial score (nSPS) is 18.7. The molecule has 0 spiro atoms. The first-order chi connectivity index (χ1) is 52.1. The summed E-state index contributed by atoms with van der Waals surface area (Å²) >= 11 is 6.40. The van der Waals surface area contributed by atoms with Crippen molar-refractivity contribution in [3.8, 4) is 0 Å². The van der Waals surface area contributed by atoms with E-state index in [1.807, 2.05) is 64.1 Å². The first-order valence-electron chi connectivity index (χ1n) is 37.4. The summed E-state index contributed by atoms with van der Waals surface area (Å²) in [6, 6.07) is 17.6. The molecule has 0 saturated carbocycles. The van der Waals surface area contributed by atoms with Crippen LogP contribution < -0.4 is 21.3 Å². The minimum absolute atomic E-state index is 0.0199. The van der Waals surface area contributed by atoms with Crippen molar-refractivity contribution in [3.63, 3.8) is 0 Å². The van der Waals surface area contributed by atoms with Crippen LogP contribution in [0.15, 0.2) is 78.9 Å². The van der Waals surface area contributed by atoms with Crippen LogP contribution in [-0.4, -0.2) is 202 Å². The summed E-state index contributed by atoms with van der Waals surface area (Å²) in [6.45, 7) is 17.1. The Morgan fingerprint density at radius 3 is 1.97 bits per heavy atom. The maximum Gasteiger partial charge on any atom is 0.347 e. The van der Waals surface area contributed by atoms with Crippen molar-refractivity contribution in [2.24, 2.45) is 29.1 Å². The third kappa shape index (κ3) is 35.3. The highest BCUT2D eigenvalue weighted by Gasteiger charge is 2.48. The Morgan fingerprint density at radius 2 is 1.35 bits per heavy atom. The number of nitrogens with zero attached hydrogens (tertiary/aromatic N) is 1. The number of hydrogen-bond acceptors (Lipinski definition) is 22. The second-order valence-electron chi connectivity index (χ2n) is 29.1. The van der Waals surface area contributed by atoms with Crippen LogP contribution in [0, 0.1) is 36.0 Å². The number of carbonyl (C=O) groups excluding carboxylic acids is 11. The molecule has 6 N–H and O–H groups in total. The van der Waals surface area contributed by atoms with Crippen molar-refractivity contribution in [2.75, 3.05) is 83.6 Å². The van der Waals surface area contributed by atoms with Gasteiger partial charge in [0.2, 0.25) is 29.5 Å². The van der Waals surface area contributed by atoms with E-state index in [9.17, 15) is 71.1 Å². The first kappa shape index (κ1) is 92.2. The zero-order chi connectivity index (χ0) is 81.1. The van der Waals surface area contributed by atoms with Crippen LogP contribution in [0.2, 0.25) is 5.02 Å². The van der Waals surface area contributed by atoms with Gasteiger partial charge in [-0.25, -0.2) is 4.79 Å². The number of ether oxygens (including phenoxy) is 8. The maximum atomic E-state index is 14.0. The molecule has 608 valence electrons. The van der Waals surface area contributed by atoms with E-state index < -0.39 is 129 Å². The molecule has 3 aromatic carbocycles. The number of hydrogen-bond donors (Lipinski definition) is 6. The molecule has 3 aromatic rings. The molecule has 0 radical (unpaired) electrons. The molecule has 2 aliphatic heterocycles. The maximum absolute atomic E-state index is 14.0. The number of ketones is 3. The molecule has 8 atom stereocenters. The van der Waals surface area contributed by atoms with Crippen molar-refractivity contribution in [1.82, 2.24) is 20.9 Å². The van der Waals surface area contributed by atoms with Crippen LogP contribution in [0.25, 0.3) is 0 Å². The number of carboxylic acid groups (broad SMARTS) is 1. The van der Waals surface area contributed by atoms with Crippen LogP contribution >= 0.6 is 11.6 Å². The topological polar surface area (TPSA) is 408 Å². The number of esters is 3. The smallest absolute Gasteiger partial charge is 0.347 e. The molecule has 1 fully saturated rings. The molecule has 0 aromatic heterocycles. The summed E-state index contributed by atoms with van der Waals surface area (Å²) in [4.78, 5) is 158. The highest BCUT2D eigenvalue weighted by molar-refractivity contribution is 7.85. The van der Waals surface area contributed by atoms with E-state index in [2.05, 4.69) is 21.3 Å². The highest BCUT2D eigenvalue weighted by atomic mass is 35.5. The molecule has 110 heavy (non-hydrogen) atoms. The summed E-state index contributed by atoms with van der Waals surface area (Å²) in [5.41, 5.74) is 3.08. The lowest BCUT2D eigenvalue weighted by Gasteiger charge is -2.29. The van der Waals surface area contributed by atoms with Gasteiger partial charge >= 0.3 is 23.9 Å². The number of aryl methyl sites for hydroxylation is 2. The SMILES string of the molecule is Cc1ccc(C[C@H]2NC(=O)/C=C/C[C@@H]([C@H](C)[C@H]3O[C@@H]3c3ccc(CCC(=O)OCc4ccc(NC(=O)[C@H](C)CC(=O)[C@@H](NC(=O)CCN(CCC(=O)O)C(=O)CCC(=O)CCCOCCOCCOCCOCCC(=O)CCS(=O)(=O)O)C(C)C)cc4)cc3)OC(=O)[C@H](CC(C)C)OC(=O)C(C)(C)CNC2=O)cc1Cl. The number of aliphatic carboxylic acids is 1. The fraction of sp³-hybridized carbons (Fsp3) is 0.595. The molecule has 0 aliphatic carbocycles. The van der Waals surface area contributed by atoms with E-state index in [-0.39, 0.29) is 179 Å². The van der Waals surface area contributed by atoms with Gasteiger partial charge in [-0.1, -0.05) is 108 Å². The van der Waals surface area contributed by atoms with E-state index in [0.717, 1.165) is 16.7 Å². The standard InChI is InChI=1S/C79H110ClN5O24S/c1-50(2)44-66-77(97)107-65(13-10-14-67(89)83-63(47-57-16-15-52(5)62(80)46-57)76(96)81-49-79(8,9)78(98)108-66)54(7)73-74(109-73)58-22-17-55(18-23-58)21-28-71(94)106-48-56-19-24-59(25-20-56)82-75(95)53(6)45-64(88)72(51(3)4)84-68(90)29-33-85(34-30-70(92)93)69(91)27-26-60(86)12-11-35-102-37-39-104-41-42-105-40-38-103-36-31-61(87)32-43-110(99,100)101/h10,14-20,22-25,46,50-51,53-54,63,65-66,72-74H,11-13,21,26-45,47-49H2,1-9H3,(H,81,96)(H,82,95)(H,83,89)(H,84,90)(H,92,93)(H,99,100,101)/b14-10+/t53-,54+,63-,65+,66+,72+,73-,74-/m1/s1. The summed E-state index contributed by atoms with van der Waals surface area (Å²) in [5.74, 6) is -8.95. The van der Waals surface area contributed by atoms with E-state index in [0.29, 0.717) is 34.7 Å². The van der Waals surface area contributed by atoms with Gasteiger partial charge < -0.3 is 69.2 Å². The van der Waals surface area contributed by atoms with Crippen LogP contribution in [0.4, 0.5) is 5.69 Å². The first-order valence-corrected chi connectivity index (χ1v) is 39.4. The van der Waals surface area contributed by atoms with Gasteiger partial charge in [0, 0.05) is 113 Å². The lowest BCUT2D eigenvalue weighted by atomic mass is 9.92. The van der Waals surface area contributed by atoms with Gasteiger partial charge in [0.25, 0.3) is 10.1 Å². The molecular formula is C79H110ClN5O24S. The van der Waals surface area contributed by atoms with Gasteiger partial charge in [-0.2, -0.15) is 8.42 Å². The molecule has 0 bridgehead atoms. The quantitative estimate of drug-likeness (QED) is 0.0103. The lowest BCUT2D eigenvalue weighted by Crippen LogP contribution is -2.51. The number of cyclic esters (lactones) is 2. The van der Waals surface area contributed by atoms with Crippen molar-refractivity contribution < 1.29 is 114 Å². The van der Waals surface area contributed by atoms with Gasteiger partial charge in [0.05, 0.1) is 76.0 Å². The number of carbonyl (C=O) groups is 12. The number of carboxylic acids is 1. The van der Waals surface area contributed by atoms with E-state index in [1.54, 1.807) is 71.0 Å². The van der Waals surface area contributed by atoms with Crippen LogP contribution in [0.3, 0.4) is 0 Å². The summed E-state index contributed by atoms with van der Waals surface area (Å²) in [5, 5.41) is 21.0. The Labute approximate surface area is 649 Å². The Hall–Kier alpha value is -8.36. The third-order valence-corrected chi connectivity index (χ3v) is 19.5. The van der Waals surface area contributed by atoms with Gasteiger partial charge in [-0.05, 0) is 104 Å². The zero-order valence-electron chi connectivity index (χ0n) is 64.5. The predicted molar refractivity (Wildman–Crippen MR) is 404 cm³/mol. The minimum Gasteiger partial charge on any atom is -0.481 e. The number of halogens is 1. The molecule has 31 heteroatoms. The van der Waals surface area contributed by atoms with E-state index in [1.165, 1.54) is 11.0 Å². The molecule has 2 heterocycles. The molecule has 2 aliphatic rings. The minimum atomic E-state index is -4.19. The Bertz CT molecular complexity index is 3720. The monoisotopic (exact) mass is 1580 g/mol. The average molecular weight is 1580 g/mol. The van der Waals surface area contributed by atoms with Gasteiger partial charge in [-0.15, -0.1) is 0 Å². The molecule has 5 rings (SSSR count). The van der Waals surface area contributed by atoms with Gasteiger partial charge in [0.15, 0.2) is 11.9 Å². The Morgan fingerprint density at radius 1 is 0.727 bits per heavy atom. The zero-order valence-corrected chi connectivity index (χ0v) is 66.1. The Balaban J connectivity index is 1.00. The Kier molecular flexibility index (Phi) is 39.5. The van der Waals surface area contributed by atoms with Crippen molar-refractivity contribution in [2.45, 2.75) is 195 Å². The molecule has 1 saturated heterocycles. The lowest BCUT2D eigenvalue weighted by molar-refractivity contribution is -0.179. The largest absolute Gasteiger partial charge is 0.481 e. The van der Waals surface area contributed by atoms with Crippen LogP contribution in [0.5, 0.6) is 0 Å². The number of amides is 5. The number of nitrogens with one attached hydrogen (secondary N) is 4.